The van der Waals surface area contributed by atoms with Crippen molar-refractivity contribution < 1.29 is 9.21 Å². The number of fused-ring (bicyclic) bond motifs is 1. The Hall–Kier alpha value is -3.06. The van der Waals surface area contributed by atoms with E-state index in [1.54, 1.807) is 25.1 Å². The summed E-state index contributed by atoms with van der Waals surface area (Å²) in [4.78, 5) is 29.7. The third-order valence-electron chi connectivity index (χ3n) is 5.60. The van der Waals surface area contributed by atoms with Crippen molar-refractivity contribution in [1.82, 2.24) is 9.47 Å². The highest BCUT2D eigenvalue weighted by molar-refractivity contribution is 5.94. The Kier molecular flexibility index (Phi) is 5.40. The van der Waals surface area contributed by atoms with Gasteiger partial charge in [0.2, 0.25) is 5.91 Å². The molecule has 1 atom stereocenters. The van der Waals surface area contributed by atoms with Gasteiger partial charge in [-0.1, -0.05) is 19.1 Å². The predicted octanol–water partition coefficient (Wildman–Crippen LogP) is 2.94. The van der Waals surface area contributed by atoms with Crippen LogP contribution in [-0.4, -0.2) is 48.1 Å². The van der Waals surface area contributed by atoms with Crippen LogP contribution < -0.4 is 16.0 Å². The molecule has 152 valence electrons. The maximum absolute atomic E-state index is 12.7. The molecule has 7 heteroatoms. The number of para-hydroxylation sites is 2. The summed E-state index contributed by atoms with van der Waals surface area (Å²) in [6, 6.07) is 14.3. The van der Waals surface area contributed by atoms with E-state index in [0.717, 1.165) is 38.4 Å². The number of carbonyl (C=O) groups is 1. The van der Waals surface area contributed by atoms with Gasteiger partial charge in [-0.25, -0.2) is 4.79 Å². The number of benzene rings is 2. The summed E-state index contributed by atoms with van der Waals surface area (Å²) in [5, 5.41) is 2.90. The fourth-order valence-corrected chi connectivity index (χ4v) is 3.79. The lowest BCUT2D eigenvalue weighted by atomic mass is 10.2. The van der Waals surface area contributed by atoms with Gasteiger partial charge in [0, 0.05) is 37.6 Å². The van der Waals surface area contributed by atoms with E-state index in [1.807, 2.05) is 30.3 Å². The lowest BCUT2D eigenvalue weighted by Gasteiger charge is -2.35. The summed E-state index contributed by atoms with van der Waals surface area (Å²) >= 11 is 0. The molecule has 1 amide bonds. The molecule has 3 aromatic rings. The van der Waals surface area contributed by atoms with Crippen molar-refractivity contribution in [3.63, 3.8) is 0 Å². The number of anilines is 2. The number of hydrogen-bond acceptors (Lipinski definition) is 5. The number of nitrogens with zero attached hydrogens (tertiary/aromatic N) is 3. The normalized spacial score (nSPS) is 16.1. The quantitative estimate of drug-likeness (QED) is 0.721. The molecular formula is C22H26N4O3. The number of piperazine rings is 1. The molecule has 0 saturated carbocycles. The zero-order valence-corrected chi connectivity index (χ0v) is 16.8. The van der Waals surface area contributed by atoms with Crippen LogP contribution in [0.5, 0.6) is 0 Å². The van der Waals surface area contributed by atoms with Crippen LogP contribution in [-0.2, 0) is 4.79 Å². The Labute approximate surface area is 169 Å². The van der Waals surface area contributed by atoms with Gasteiger partial charge < -0.3 is 19.5 Å². The average molecular weight is 394 g/mol. The molecular weight excluding hydrogens is 368 g/mol. The number of oxazole rings is 1. The third kappa shape index (κ3) is 3.91. The minimum Gasteiger partial charge on any atom is -0.408 e. The fraction of sp³-hybridized carbons (Fsp3) is 0.364. The SMILES string of the molecule is CCN1CCN(c2ccc(NC(=O)[C@H](C)n3c(=O)oc4ccccc43)cc2)CC1. The van der Waals surface area contributed by atoms with Crippen LogP contribution in [0, 0.1) is 0 Å². The molecule has 29 heavy (non-hydrogen) atoms. The molecule has 2 aromatic carbocycles. The maximum Gasteiger partial charge on any atom is 0.420 e. The second-order valence-corrected chi connectivity index (χ2v) is 7.34. The van der Waals surface area contributed by atoms with Crippen LogP contribution in [0.1, 0.15) is 19.9 Å². The Morgan fingerprint density at radius 2 is 1.76 bits per heavy atom. The van der Waals surface area contributed by atoms with Crippen molar-refractivity contribution in [3.05, 3.63) is 59.1 Å². The number of nitrogens with one attached hydrogen (secondary N) is 1. The highest BCUT2D eigenvalue weighted by Crippen LogP contribution is 2.21. The van der Waals surface area contributed by atoms with Crippen LogP contribution in [0.25, 0.3) is 11.1 Å². The smallest absolute Gasteiger partial charge is 0.408 e. The summed E-state index contributed by atoms with van der Waals surface area (Å²) in [5.41, 5.74) is 2.95. The number of aromatic nitrogens is 1. The first kappa shape index (κ1) is 19.3. The number of carbonyl (C=O) groups excluding carboxylic acids is 1. The van der Waals surface area contributed by atoms with Gasteiger partial charge in [-0.3, -0.25) is 9.36 Å². The van der Waals surface area contributed by atoms with Crippen molar-refractivity contribution in [3.8, 4) is 0 Å². The summed E-state index contributed by atoms with van der Waals surface area (Å²) in [6.45, 7) is 9.13. The van der Waals surface area contributed by atoms with E-state index >= 15 is 0 Å². The molecule has 1 aromatic heterocycles. The van der Waals surface area contributed by atoms with Crippen molar-refractivity contribution in [2.24, 2.45) is 0 Å². The van der Waals surface area contributed by atoms with E-state index in [4.69, 9.17) is 4.42 Å². The zero-order valence-electron chi connectivity index (χ0n) is 16.8. The lowest BCUT2D eigenvalue weighted by Crippen LogP contribution is -2.46. The summed E-state index contributed by atoms with van der Waals surface area (Å²) in [6.07, 6.45) is 0. The summed E-state index contributed by atoms with van der Waals surface area (Å²) in [7, 11) is 0. The molecule has 0 bridgehead atoms. The van der Waals surface area contributed by atoms with Crippen molar-refractivity contribution in [2.75, 3.05) is 42.9 Å². The topological polar surface area (TPSA) is 70.7 Å². The monoisotopic (exact) mass is 394 g/mol. The van der Waals surface area contributed by atoms with E-state index < -0.39 is 11.8 Å². The number of rotatable bonds is 5. The molecule has 1 aliphatic rings. The van der Waals surface area contributed by atoms with Crippen LogP contribution in [0.2, 0.25) is 0 Å². The average Bonchev–Trinajstić information content (AvgIpc) is 3.09. The molecule has 0 radical (unpaired) electrons. The van der Waals surface area contributed by atoms with Gasteiger partial charge in [-0.15, -0.1) is 0 Å². The minimum absolute atomic E-state index is 0.261. The van der Waals surface area contributed by atoms with Crippen molar-refractivity contribution in [2.45, 2.75) is 19.9 Å². The molecule has 0 aliphatic carbocycles. The molecule has 4 rings (SSSR count). The maximum atomic E-state index is 12.7. The first-order valence-electron chi connectivity index (χ1n) is 10.0. The summed E-state index contributed by atoms with van der Waals surface area (Å²) < 4.78 is 6.62. The van der Waals surface area contributed by atoms with Crippen LogP contribution in [0.3, 0.4) is 0 Å². The second-order valence-electron chi connectivity index (χ2n) is 7.34. The molecule has 2 heterocycles. The minimum atomic E-state index is -0.687. The first-order chi connectivity index (χ1) is 14.1. The third-order valence-corrected chi connectivity index (χ3v) is 5.60. The Balaban J connectivity index is 1.44. The van der Waals surface area contributed by atoms with Gasteiger partial charge in [0.05, 0.1) is 5.52 Å². The molecule has 1 N–H and O–H groups in total. The Morgan fingerprint density at radius 1 is 1.07 bits per heavy atom. The van der Waals surface area contributed by atoms with Gasteiger partial charge in [0.1, 0.15) is 6.04 Å². The van der Waals surface area contributed by atoms with Crippen LogP contribution in [0.15, 0.2) is 57.7 Å². The molecule has 1 aliphatic heterocycles. The van der Waals surface area contributed by atoms with E-state index in [9.17, 15) is 9.59 Å². The Morgan fingerprint density at radius 3 is 2.45 bits per heavy atom. The second kappa shape index (κ2) is 8.13. The number of likely N-dealkylation sites (N-methyl/N-ethyl adjacent to an activating group) is 1. The van der Waals surface area contributed by atoms with E-state index in [2.05, 4.69) is 22.0 Å². The largest absolute Gasteiger partial charge is 0.420 e. The van der Waals surface area contributed by atoms with Gasteiger partial charge in [0.15, 0.2) is 5.58 Å². The Bertz CT molecular complexity index is 1050. The summed E-state index contributed by atoms with van der Waals surface area (Å²) in [5.74, 6) is -0.793. The molecule has 0 spiro atoms. The van der Waals surface area contributed by atoms with Crippen molar-refractivity contribution >= 4 is 28.4 Å². The van der Waals surface area contributed by atoms with Crippen LogP contribution in [0.4, 0.5) is 11.4 Å². The predicted molar refractivity (Wildman–Crippen MR) is 115 cm³/mol. The molecule has 1 fully saturated rings. The molecule has 0 unspecified atom stereocenters. The highest BCUT2D eigenvalue weighted by atomic mass is 16.4. The zero-order chi connectivity index (χ0) is 20.4. The van der Waals surface area contributed by atoms with Gasteiger partial charge in [0.25, 0.3) is 0 Å². The first-order valence-corrected chi connectivity index (χ1v) is 10.0. The van der Waals surface area contributed by atoms with Crippen LogP contribution >= 0.6 is 0 Å². The van der Waals surface area contributed by atoms with Gasteiger partial charge >= 0.3 is 5.76 Å². The van der Waals surface area contributed by atoms with Gasteiger partial charge in [-0.05, 0) is 49.9 Å². The van der Waals surface area contributed by atoms with E-state index in [1.165, 1.54) is 4.57 Å². The standard InChI is InChI=1S/C22H26N4O3/c1-3-24-12-14-25(15-13-24)18-10-8-17(9-11-18)23-21(27)16(2)26-19-6-4-5-7-20(19)29-22(26)28/h4-11,16H,3,12-15H2,1-2H3,(H,23,27)/t16-/m0/s1. The molecule has 1 saturated heterocycles. The number of amides is 1. The lowest BCUT2D eigenvalue weighted by molar-refractivity contribution is -0.118. The number of hydrogen-bond donors (Lipinski definition) is 1. The van der Waals surface area contributed by atoms with E-state index in [0.29, 0.717) is 16.8 Å². The van der Waals surface area contributed by atoms with Crippen molar-refractivity contribution in [1.29, 1.82) is 0 Å². The highest BCUT2D eigenvalue weighted by Gasteiger charge is 2.21. The fourth-order valence-electron chi connectivity index (χ4n) is 3.79. The molecule has 7 nitrogen and oxygen atoms in total. The van der Waals surface area contributed by atoms with Gasteiger partial charge in [-0.2, -0.15) is 0 Å². The van der Waals surface area contributed by atoms with E-state index in [-0.39, 0.29) is 5.91 Å².